The Morgan fingerprint density at radius 1 is 0.917 bits per heavy atom. The maximum atomic E-state index is 12.8. The van der Waals surface area contributed by atoms with Crippen molar-refractivity contribution >= 4 is 30.8 Å². The van der Waals surface area contributed by atoms with Gasteiger partial charge in [0.15, 0.2) is 0 Å². The first-order chi connectivity index (χ1) is 18.4. The van der Waals surface area contributed by atoms with Crippen LogP contribution < -0.4 is 15.7 Å². The third kappa shape index (κ3) is 6.83. The average molecular weight is 509 g/mol. The van der Waals surface area contributed by atoms with Crippen LogP contribution in [0.4, 0.5) is 4.79 Å². The molecule has 0 aromatic heterocycles. The van der Waals surface area contributed by atoms with E-state index in [1.807, 2.05) is 87.5 Å². The minimum Gasteiger partial charge on any atom is -0.469 e. The van der Waals surface area contributed by atoms with Crippen LogP contribution in [-0.4, -0.2) is 40.1 Å². The molecule has 0 heterocycles. The predicted octanol–water partition coefficient (Wildman–Crippen LogP) is 4.42. The molecule has 0 saturated heterocycles. The summed E-state index contributed by atoms with van der Waals surface area (Å²) < 4.78 is 42.8. The zero-order valence-electron chi connectivity index (χ0n) is 24.1. The normalized spacial score (nSPS) is 14.9. The number of hydrogen-bond donors (Lipinski definition) is 1. The van der Waals surface area contributed by atoms with E-state index in [0.717, 1.165) is 17.5 Å². The molecule has 6 nitrogen and oxygen atoms in total. The minimum atomic E-state index is -3.24. The molecular formula is C29H35NO5Si. The summed E-state index contributed by atoms with van der Waals surface area (Å²) in [4.78, 5) is 25.4. The number of amides is 1. The summed E-state index contributed by atoms with van der Waals surface area (Å²) in [6, 6.07) is 25.5. The lowest BCUT2D eigenvalue weighted by molar-refractivity contribution is -0.141. The molecule has 1 amide bonds. The molecule has 0 fully saturated rings. The number of ether oxygens (including phenoxy) is 2. The fourth-order valence-corrected chi connectivity index (χ4v) is 8.62. The van der Waals surface area contributed by atoms with Gasteiger partial charge in [-0.05, 0) is 21.0 Å². The molecule has 3 aromatic rings. The zero-order valence-corrected chi connectivity index (χ0v) is 22.1. The Labute approximate surface area is 218 Å². The monoisotopic (exact) mass is 508 g/mol. The van der Waals surface area contributed by atoms with Crippen LogP contribution in [0.3, 0.4) is 0 Å². The average Bonchev–Trinajstić information content (AvgIpc) is 2.92. The molecule has 0 aliphatic carbocycles. The van der Waals surface area contributed by atoms with Crippen LogP contribution >= 0.6 is 0 Å². The summed E-state index contributed by atoms with van der Waals surface area (Å²) >= 11 is 0. The fourth-order valence-electron chi connectivity index (χ4n) is 4.10. The van der Waals surface area contributed by atoms with Gasteiger partial charge in [0, 0.05) is 2.74 Å². The number of rotatable bonds is 10. The quantitative estimate of drug-likeness (QED) is 0.324. The standard InChI is InChI=1S/C29H35NO5Si/c1-29(2,3)36(25-16-10-6-11-17-25,26-18-12-7-13-19-26)35-22-24(20-27(31)33-4)30-28(32)34-21-23-14-8-5-9-15-23/h5-19,24H,20-22H2,1-4H3,(H,30,32)/t24-/m0/s1/i20D2,24D. The lowest BCUT2D eigenvalue weighted by Gasteiger charge is -2.43. The predicted molar refractivity (Wildman–Crippen MR) is 144 cm³/mol. The van der Waals surface area contributed by atoms with Crippen LogP contribution in [0, 0.1) is 0 Å². The summed E-state index contributed by atoms with van der Waals surface area (Å²) in [5, 5.41) is 3.59. The first kappa shape index (κ1) is 23.0. The van der Waals surface area contributed by atoms with E-state index in [-0.39, 0.29) is 6.61 Å². The Morgan fingerprint density at radius 3 is 1.89 bits per heavy atom. The molecule has 0 saturated carbocycles. The lowest BCUT2D eigenvalue weighted by atomic mass is 10.2. The highest BCUT2D eigenvalue weighted by atomic mass is 28.4. The fraction of sp³-hybridized carbons (Fsp3) is 0.310. The molecule has 0 radical (unpaired) electrons. The van der Waals surface area contributed by atoms with Crippen molar-refractivity contribution in [3.63, 3.8) is 0 Å². The highest BCUT2D eigenvalue weighted by Gasteiger charge is 2.50. The van der Waals surface area contributed by atoms with E-state index in [1.165, 1.54) is 0 Å². The van der Waals surface area contributed by atoms with Gasteiger partial charge in [-0.1, -0.05) is 112 Å². The van der Waals surface area contributed by atoms with Crippen molar-refractivity contribution < 1.29 is 27.6 Å². The molecule has 7 heteroatoms. The second-order valence-electron chi connectivity index (χ2n) is 9.23. The summed E-state index contributed by atoms with van der Waals surface area (Å²) in [5.74, 6) is -1.31. The number of esters is 1. The Morgan fingerprint density at radius 2 is 1.42 bits per heavy atom. The second kappa shape index (κ2) is 12.5. The van der Waals surface area contributed by atoms with Crippen molar-refractivity contribution in [1.29, 1.82) is 0 Å². The van der Waals surface area contributed by atoms with E-state index in [4.69, 9.17) is 13.3 Å². The first-order valence-corrected chi connectivity index (χ1v) is 13.6. The van der Waals surface area contributed by atoms with Crippen LogP contribution in [0.2, 0.25) is 5.04 Å². The summed E-state index contributed by atoms with van der Waals surface area (Å²) in [7, 11) is -2.21. The summed E-state index contributed by atoms with van der Waals surface area (Å²) in [6.07, 6.45) is -4.04. The van der Waals surface area contributed by atoms with Crippen LogP contribution in [0.1, 0.15) is 36.8 Å². The van der Waals surface area contributed by atoms with Crippen LogP contribution in [-0.2, 0) is 25.3 Å². The van der Waals surface area contributed by atoms with Crippen molar-refractivity contribution in [1.82, 2.24) is 5.32 Å². The number of methoxy groups -OCH3 is 1. The first-order valence-electron chi connectivity index (χ1n) is 13.2. The third-order valence-electron chi connectivity index (χ3n) is 5.75. The smallest absolute Gasteiger partial charge is 0.407 e. The summed E-state index contributed by atoms with van der Waals surface area (Å²) in [5.41, 5.74) is 0.711. The molecule has 36 heavy (non-hydrogen) atoms. The second-order valence-corrected chi connectivity index (χ2v) is 13.5. The molecule has 190 valence electrons. The topological polar surface area (TPSA) is 73.9 Å². The van der Waals surface area contributed by atoms with E-state index in [0.29, 0.717) is 5.56 Å². The zero-order chi connectivity index (χ0) is 28.7. The van der Waals surface area contributed by atoms with Crippen molar-refractivity contribution in [2.75, 3.05) is 13.7 Å². The molecular weight excluding hydrogens is 470 g/mol. The van der Waals surface area contributed by atoms with E-state index in [1.54, 1.807) is 24.3 Å². The highest BCUT2D eigenvalue weighted by molar-refractivity contribution is 6.99. The van der Waals surface area contributed by atoms with Gasteiger partial charge in [0.05, 0.1) is 27.5 Å². The maximum absolute atomic E-state index is 12.8. The molecule has 0 aliphatic heterocycles. The van der Waals surface area contributed by atoms with Crippen molar-refractivity contribution in [3.05, 3.63) is 96.6 Å². The van der Waals surface area contributed by atoms with Gasteiger partial charge < -0.3 is 19.2 Å². The van der Waals surface area contributed by atoms with Gasteiger partial charge in [-0.2, -0.15) is 0 Å². The molecule has 1 N–H and O–H groups in total. The number of carbonyl (C=O) groups is 2. The molecule has 3 aromatic carbocycles. The van der Waals surface area contributed by atoms with Crippen molar-refractivity contribution in [2.45, 2.75) is 44.8 Å². The van der Waals surface area contributed by atoms with Gasteiger partial charge in [-0.3, -0.25) is 4.79 Å². The Hall–Kier alpha value is -3.42. The molecule has 0 aliphatic rings. The highest BCUT2D eigenvalue weighted by Crippen LogP contribution is 2.36. The SMILES string of the molecule is [2H]C([2H])(C(=O)OC)[C@@]([2H])(CO[Si](c1ccccc1)(c1ccccc1)C(C)(C)C)NC(=O)OCc1ccccc1. The number of hydrogen-bond acceptors (Lipinski definition) is 5. The molecule has 0 unspecified atom stereocenters. The number of benzene rings is 3. The van der Waals surface area contributed by atoms with Gasteiger partial charge in [0.2, 0.25) is 0 Å². The van der Waals surface area contributed by atoms with Gasteiger partial charge in [-0.15, -0.1) is 0 Å². The van der Waals surface area contributed by atoms with Crippen molar-refractivity contribution in [2.24, 2.45) is 0 Å². The Kier molecular flexibility index (Phi) is 7.99. The van der Waals surface area contributed by atoms with Gasteiger partial charge in [-0.25, -0.2) is 4.79 Å². The number of nitrogens with one attached hydrogen (secondary N) is 1. The molecule has 0 bridgehead atoms. The Bertz CT molecular complexity index is 1200. The Balaban J connectivity index is 2.03. The molecule has 0 spiro atoms. The minimum absolute atomic E-state index is 0.0977. The van der Waals surface area contributed by atoms with Gasteiger partial charge in [0.25, 0.3) is 8.32 Å². The molecule has 3 rings (SSSR count). The van der Waals surface area contributed by atoms with Crippen LogP contribution in [0.15, 0.2) is 91.0 Å². The molecule has 1 atom stereocenters. The lowest BCUT2D eigenvalue weighted by Crippen LogP contribution is -2.67. The maximum Gasteiger partial charge on any atom is 0.407 e. The van der Waals surface area contributed by atoms with Crippen LogP contribution in [0.25, 0.3) is 0 Å². The van der Waals surface area contributed by atoms with Crippen molar-refractivity contribution in [3.8, 4) is 0 Å². The van der Waals surface area contributed by atoms with Gasteiger partial charge >= 0.3 is 12.1 Å². The third-order valence-corrected chi connectivity index (χ3v) is 10.7. The van der Waals surface area contributed by atoms with Gasteiger partial charge in [0.1, 0.15) is 6.61 Å². The van der Waals surface area contributed by atoms with E-state index >= 15 is 0 Å². The number of carbonyl (C=O) groups excluding carboxylic acids is 2. The van der Waals surface area contributed by atoms with Crippen LogP contribution in [0.5, 0.6) is 0 Å². The van der Waals surface area contributed by atoms with E-state index in [2.05, 4.69) is 10.1 Å². The number of alkyl carbamates (subject to hydrolysis) is 1. The van der Waals surface area contributed by atoms with E-state index < -0.39 is 44.4 Å². The largest absolute Gasteiger partial charge is 0.469 e. The summed E-state index contributed by atoms with van der Waals surface area (Å²) in [6.45, 7) is 5.34. The van der Waals surface area contributed by atoms with E-state index in [9.17, 15) is 9.59 Å².